The maximum absolute atomic E-state index is 5.90. The first-order valence-electron chi connectivity index (χ1n) is 7.16. The van der Waals surface area contributed by atoms with Crippen LogP contribution in [0.1, 0.15) is 44.9 Å². The van der Waals surface area contributed by atoms with E-state index in [1.165, 1.54) is 25.7 Å². The topological polar surface area (TPSA) is 36.9 Å². The van der Waals surface area contributed by atoms with E-state index in [0.29, 0.717) is 12.5 Å². The molecule has 0 aromatic rings. The lowest BCUT2D eigenvalue weighted by molar-refractivity contribution is -0.221. The molecule has 1 heterocycles. The Morgan fingerprint density at radius 3 is 2.50 bits per heavy atom. The molecule has 0 bridgehead atoms. The van der Waals surface area contributed by atoms with E-state index in [1.54, 1.807) is 14.2 Å². The Balaban J connectivity index is 1.71. The highest BCUT2D eigenvalue weighted by Crippen LogP contribution is 2.30. The molecule has 1 aliphatic heterocycles. The van der Waals surface area contributed by atoms with Gasteiger partial charge in [0.15, 0.2) is 12.6 Å². The van der Waals surface area contributed by atoms with Gasteiger partial charge < -0.3 is 18.9 Å². The Kier molecular flexibility index (Phi) is 5.89. The summed E-state index contributed by atoms with van der Waals surface area (Å²) in [5, 5.41) is 0. The van der Waals surface area contributed by atoms with Crippen LogP contribution in [0.2, 0.25) is 0 Å². The van der Waals surface area contributed by atoms with Crippen LogP contribution in [0.5, 0.6) is 0 Å². The molecule has 0 aromatic heterocycles. The average Bonchev–Trinajstić information content (AvgIpc) is 2.94. The number of methoxy groups -OCH3 is 2. The highest BCUT2D eigenvalue weighted by Gasteiger charge is 2.28. The molecule has 106 valence electrons. The van der Waals surface area contributed by atoms with Crippen molar-refractivity contribution in [1.82, 2.24) is 0 Å². The molecule has 2 aliphatic rings. The zero-order valence-electron chi connectivity index (χ0n) is 11.6. The zero-order chi connectivity index (χ0) is 12.8. The van der Waals surface area contributed by atoms with Crippen LogP contribution in [0, 0.1) is 5.92 Å². The number of hydrogen-bond donors (Lipinski definition) is 0. The molecule has 4 nitrogen and oxygen atoms in total. The SMILES string of the molecule is COC1CCCC(COC(OC)C2CCCC2)O1. The summed E-state index contributed by atoms with van der Waals surface area (Å²) in [7, 11) is 3.44. The highest BCUT2D eigenvalue weighted by atomic mass is 16.7. The molecule has 0 N–H and O–H groups in total. The second-order valence-corrected chi connectivity index (χ2v) is 5.34. The van der Waals surface area contributed by atoms with Crippen LogP contribution >= 0.6 is 0 Å². The van der Waals surface area contributed by atoms with Crippen LogP contribution in [0.3, 0.4) is 0 Å². The molecular weight excluding hydrogens is 232 g/mol. The molecular formula is C14H26O4. The summed E-state index contributed by atoms with van der Waals surface area (Å²) < 4.78 is 22.4. The summed E-state index contributed by atoms with van der Waals surface area (Å²) in [5.74, 6) is 0.566. The fourth-order valence-corrected chi connectivity index (χ4v) is 2.99. The first kappa shape index (κ1) is 14.3. The lowest BCUT2D eigenvalue weighted by Gasteiger charge is -2.31. The minimum Gasteiger partial charge on any atom is -0.356 e. The lowest BCUT2D eigenvalue weighted by atomic mass is 10.1. The molecule has 0 aromatic carbocycles. The molecule has 3 unspecified atom stereocenters. The second-order valence-electron chi connectivity index (χ2n) is 5.34. The van der Waals surface area contributed by atoms with Crippen molar-refractivity contribution in [2.24, 2.45) is 5.92 Å². The van der Waals surface area contributed by atoms with Crippen LogP contribution < -0.4 is 0 Å². The Morgan fingerprint density at radius 1 is 1.06 bits per heavy atom. The minimum atomic E-state index is -0.0565. The fraction of sp³-hybridized carbons (Fsp3) is 1.00. The van der Waals surface area contributed by atoms with E-state index in [0.717, 1.165) is 19.3 Å². The predicted octanol–water partition coefficient (Wildman–Crippen LogP) is 2.71. The number of ether oxygens (including phenoxy) is 4. The molecule has 0 radical (unpaired) electrons. The Morgan fingerprint density at radius 2 is 1.83 bits per heavy atom. The van der Waals surface area contributed by atoms with Crippen molar-refractivity contribution in [3.05, 3.63) is 0 Å². The standard InChI is InChI=1S/C14H26O4/c1-15-13-9-5-8-12(18-13)10-17-14(16-2)11-6-3-4-7-11/h11-14H,3-10H2,1-2H3. The van der Waals surface area contributed by atoms with Crippen molar-refractivity contribution in [3.63, 3.8) is 0 Å². The molecule has 1 saturated heterocycles. The van der Waals surface area contributed by atoms with Gasteiger partial charge in [-0.05, 0) is 32.1 Å². The molecule has 4 heteroatoms. The number of hydrogen-bond acceptors (Lipinski definition) is 4. The smallest absolute Gasteiger partial charge is 0.160 e. The van der Waals surface area contributed by atoms with E-state index in [-0.39, 0.29) is 18.7 Å². The van der Waals surface area contributed by atoms with Gasteiger partial charge in [-0.2, -0.15) is 0 Å². The Hall–Kier alpha value is -0.160. The van der Waals surface area contributed by atoms with E-state index in [9.17, 15) is 0 Å². The van der Waals surface area contributed by atoms with Crippen LogP contribution in [0.4, 0.5) is 0 Å². The largest absolute Gasteiger partial charge is 0.356 e. The fourth-order valence-electron chi connectivity index (χ4n) is 2.99. The van der Waals surface area contributed by atoms with Gasteiger partial charge in [0.25, 0.3) is 0 Å². The second kappa shape index (κ2) is 7.43. The number of rotatable bonds is 6. The van der Waals surface area contributed by atoms with Crippen molar-refractivity contribution >= 4 is 0 Å². The third-order valence-electron chi connectivity index (χ3n) is 4.04. The van der Waals surface area contributed by atoms with Crippen molar-refractivity contribution in [1.29, 1.82) is 0 Å². The van der Waals surface area contributed by atoms with Gasteiger partial charge in [0.05, 0.1) is 12.7 Å². The van der Waals surface area contributed by atoms with Crippen molar-refractivity contribution in [2.45, 2.75) is 63.6 Å². The van der Waals surface area contributed by atoms with Gasteiger partial charge in [0, 0.05) is 20.1 Å². The van der Waals surface area contributed by atoms with Gasteiger partial charge in [0.1, 0.15) is 0 Å². The summed E-state index contributed by atoms with van der Waals surface area (Å²) in [6.07, 6.45) is 8.30. The molecule has 2 rings (SSSR count). The van der Waals surface area contributed by atoms with Crippen LogP contribution in [-0.2, 0) is 18.9 Å². The van der Waals surface area contributed by atoms with E-state index in [2.05, 4.69) is 0 Å². The summed E-state index contributed by atoms with van der Waals surface area (Å²) in [4.78, 5) is 0. The minimum absolute atomic E-state index is 0.0557. The van der Waals surface area contributed by atoms with Gasteiger partial charge in [-0.3, -0.25) is 0 Å². The van der Waals surface area contributed by atoms with Crippen LogP contribution in [-0.4, -0.2) is 39.5 Å². The van der Waals surface area contributed by atoms with Crippen molar-refractivity contribution in [2.75, 3.05) is 20.8 Å². The molecule has 0 amide bonds. The average molecular weight is 258 g/mol. The van der Waals surface area contributed by atoms with Crippen molar-refractivity contribution < 1.29 is 18.9 Å². The normalized spacial score (nSPS) is 31.7. The van der Waals surface area contributed by atoms with E-state index in [4.69, 9.17) is 18.9 Å². The highest BCUT2D eigenvalue weighted by molar-refractivity contribution is 4.72. The molecule has 18 heavy (non-hydrogen) atoms. The quantitative estimate of drug-likeness (QED) is 0.686. The maximum Gasteiger partial charge on any atom is 0.160 e. The third kappa shape index (κ3) is 3.92. The molecule has 3 atom stereocenters. The van der Waals surface area contributed by atoms with Crippen LogP contribution in [0.25, 0.3) is 0 Å². The molecule has 1 aliphatic carbocycles. The van der Waals surface area contributed by atoms with Gasteiger partial charge in [0.2, 0.25) is 0 Å². The maximum atomic E-state index is 5.90. The first-order valence-corrected chi connectivity index (χ1v) is 7.16. The predicted molar refractivity (Wildman–Crippen MR) is 68.2 cm³/mol. The van der Waals surface area contributed by atoms with E-state index in [1.807, 2.05) is 0 Å². The summed E-state index contributed by atoms with van der Waals surface area (Å²) in [6, 6.07) is 0. The summed E-state index contributed by atoms with van der Waals surface area (Å²) in [5.41, 5.74) is 0. The Bertz CT molecular complexity index is 228. The monoisotopic (exact) mass is 258 g/mol. The molecule has 1 saturated carbocycles. The van der Waals surface area contributed by atoms with Crippen LogP contribution in [0.15, 0.2) is 0 Å². The summed E-state index contributed by atoms with van der Waals surface area (Å²) >= 11 is 0. The molecule has 0 spiro atoms. The first-order chi connectivity index (χ1) is 8.83. The van der Waals surface area contributed by atoms with Gasteiger partial charge in [-0.25, -0.2) is 0 Å². The van der Waals surface area contributed by atoms with E-state index >= 15 is 0 Å². The van der Waals surface area contributed by atoms with Crippen molar-refractivity contribution in [3.8, 4) is 0 Å². The van der Waals surface area contributed by atoms with Gasteiger partial charge in [-0.15, -0.1) is 0 Å². The Labute approximate surface area is 110 Å². The van der Waals surface area contributed by atoms with E-state index < -0.39 is 0 Å². The molecule has 2 fully saturated rings. The van der Waals surface area contributed by atoms with Gasteiger partial charge >= 0.3 is 0 Å². The third-order valence-corrected chi connectivity index (χ3v) is 4.04. The lowest BCUT2D eigenvalue weighted by Crippen LogP contribution is -2.35. The van der Waals surface area contributed by atoms with Gasteiger partial charge in [-0.1, -0.05) is 12.8 Å². The zero-order valence-corrected chi connectivity index (χ0v) is 11.6. The summed E-state index contributed by atoms with van der Waals surface area (Å²) in [6.45, 7) is 0.620.